The van der Waals surface area contributed by atoms with Crippen molar-refractivity contribution in [2.45, 2.75) is 25.8 Å². The summed E-state index contributed by atoms with van der Waals surface area (Å²) in [5.41, 5.74) is 0.918. The number of hydrogen-bond acceptors (Lipinski definition) is 6. The lowest BCUT2D eigenvalue weighted by molar-refractivity contribution is 0.0686. The molecule has 1 saturated heterocycles. The molecule has 0 saturated carbocycles. The normalized spacial score (nSPS) is 19.3. The van der Waals surface area contributed by atoms with Gasteiger partial charge in [0.25, 0.3) is 5.91 Å². The van der Waals surface area contributed by atoms with Crippen molar-refractivity contribution < 1.29 is 17.7 Å². The SMILES string of the molecule is CCCN(C(=O)c1cc(-c2cccnc2)on1)C1CCS(=O)(=O)C1. The Hall–Kier alpha value is -2.22. The van der Waals surface area contributed by atoms with Crippen molar-refractivity contribution in [2.24, 2.45) is 0 Å². The zero-order valence-electron chi connectivity index (χ0n) is 13.4. The van der Waals surface area contributed by atoms with E-state index in [9.17, 15) is 13.2 Å². The highest BCUT2D eigenvalue weighted by molar-refractivity contribution is 7.91. The largest absolute Gasteiger partial charge is 0.355 e. The van der Waals surface area contributed by atoms with E-state index in [-0.39, 0.29) is 29.1 Å². The molecule has 0 N–H and O–H groups in total. The van der Waals surface area contributed by atoms with Gasteiger partial charge >= 0.3 is 0 Å². The summed E-state index contributed by atoms with van der Waals surface area (Å²) in [6, 6.07) is 4.87. The first kappa shape index (κ1) is 16.6. The second kappa shape index (κ2) is 6.72. The average Bonchev–Trinajstić information content (AvgIpc) is 3.19. The Balaban J connectivity index is 1.82. The molecule has 1 amide bonds. The fraction of sp³-hybridized carbons (Fsp3) is 0.438. The van der Waals surface area contributed by atoms with Crippen LogP contribution in [0.5, 0.6) is 0 Å². The maximum absolute atomic E-state index is 12.8. The van der Waals surface area contributed by atoms with Gasteiger partial charge in [0.2, 0.25) is 0 Å². The molecular weight excluding hydrogens is 330 g/mol. The predicted molar refractivity (Wildman–Crippen MR) is 88.1 cm³/mol. The number of carbonyl (C=O) groups is 1. The highest BCUT2D eigenvalue weighted by Crippen LogP contribution is 2.23. The van der Waals surface area contributed by atoms with Crippen LogP contribution >= 0.6 is 0 Å². The third kappa shape index (κ3) is 3.48. The van der Waals surface area contributed by atoms with E-state index in [1.807, 2.05) is 13.0 Å². The number of sulfone groups is 1. The van der Waals surface area contributed by atoms with Crippen LogP contribution in [0.15, 0.2) is 35.1 Å². The number of carbonyl (C=O) groups excluding carboxylic acids is 1. The standard InChI is InChI=1S/C16H19N3O4S/c1-2-7-19(13-5-8-24(21,22)11-13)16(20)14-9-15(23-18-14)12-4-3-6-17-10-12/h3-4,6,9-10,13H,2,5,7-8,11H2,1H3. The Bertz CT molecular complexity index is 817. The van der Waals surface area contributed by atoms with Crippen molar-refractivity contribution in [2.75, 3.05) is 18.1 Å². The van der Waals surface area contributed by atoms with E-state index in [2.05, 4.69) is 10.1 Å². The first-order valence-corrected chi connectivity index (χ1v) is 9.71. The Labute approximate surface area is 140 Å². The molecule has 0 aromatic carbocycles. The zero-order valence-corrected chi connectivity index (χ0v) is 14.2. The maximum Gasteiger partial charge on any atom is 0.276 e. The molecular formula is C16H19N3O4S. The van der Waals surface area contributed by atoms with Gasteiger partial charge in [0, 0.05) is 36.6 Å². The van der Waals surface area contributed by atoms with Gasteiger partial charge in [-0.25, -0.2) is 8.42 Å². The van der Waals surface area contributed by atoms with Crippen LogP contribution in [0.1, 0.15) is 30.3 Å². The van der Waals surface area contributed by atoms with Crippen molar-refractivity contribution in [3.05, 3.63) is 36.3 Å². The summed E-state index contributed by atoms with van der Waals surface area (Å²) in [7, 11) is -3.06. The van der Waals surface area contributed by atoms with Crippen LogP contribution in [-0.2, 0) is 9.84 Å². The minimum atomic E-state index is -3.06. The van der Waals surface area contributed by atoms with Crippen LogP contribution in [0.3, 0.4) is 0 Å². The maximum atomic E-state index is 12.8. The molecule has 7 nitrogen and oxygen atoms in total. The molecule has 0 spiro atoms. The molecule has 0 bridgehead atoms. The molecule has 3 rings (SSSR count). The number of hydrogen-bond donors (Lipinski definition) is 0. The van der Waals surface area contributed by atoms with Crippen LogP contribution in [0.4, 0.5) is 0 Å². The molecule has 24 heavy (non-hydrogen) atoms. The highest BCUT2D eigenvalue weighted by Gasteiger charge is 2.35. The highest BCUT2D eigenvalue weighted by atomic mass is 32.2. The molecule has 3 heterocycles. The van der Waals surface area contributed by atoms with Crippen LogP contribution < -0.4 is 0 Å². The van der Waals surface area contributed by atoms with Gasteiger partial charge in [-0.15, -0.1) is 0 Å². The van der Waals surface area contributed by atoms with E-state index in [0.29, 0.717) is 18.7 Å². The van der Waals surface area contributed by atoms with Crippen LogP contribution in [0.2, 0.25) is 0 Å². The Morgan fingerprint density at radius 3 is 2.92 bits per heavy atom. The number of rotatable bonds is 5. The molecule has 128 valence electrons. The zero-order chi connectivity index (χ0) is 17.2. The van der Waals surface area contributed by atoms with Crippen molar-refractivity contribution >= 4 is 15.7 Å². The van der Waals surface area contributed by atoms with Gasteiger partial charge in [-0.3, -0.25) is 9.78 Å². The van der Waals surface area contributed by atoms with Gasteiger partial charge in [-0.05, 0) is 25.0 Å². The first-order chi connectivity index (χ1) is 11.5. The van der Waals surface area contributed by atoms with Gasteiger partial charge in [-0.1, -0.05) is 12.1 Å². The molecule has 1 fully saturated rings. The molecule has 1 unspecified atom stereocenters. The van der Waals surface area contributed by atoms with Crippen LogP contribution in [0, 0.1) is 0 Å². The topological polar surface area (TPSA) is 93.4 Å². The summed E-state index contributed by atoms with van der Waals surface area (Å²) in [6.07, 6.45) is 4.49. The minimum absolute atomic E-state index is 0.0199. The van der Waals surface area contributed by atoms with Gasteiger partial charge < -0.3 is 9.42 Å². The number of pyridine rings is 1. The lowest BCUT2D eigenvalue weighted by atomic mass is 10.1. The van der Waals surface area contributed by atoms with Crippen LogP contribution in [0.25, 0.3) is 11.3 Å². The van der Waals surface area contributed by atoms with Crippen molar-refractivity contribution in [1.29, 1.82) is 0 Å². The lowest BCUT2D eigenvalue weighted by Crippen LogP contribution is -2.41. The van der Waals surface area contributed by atoms with E-state index in [1.54, 1.807) is 29.4 Å². The van der Waals surface area contributed by atoms with Gasteiger partial charge in [-0.2, -0.15) is 0 Å². The molecule has 2 aromatic rings. The summed E-state index contributed by atoms with van der Waals surface area (Å²) in [5, 5.41) is 3.86. The van der Waals surface area contributed by atoms with E-state index < -0.39 is 9.84 Å². The summed E-state index contributed by atoms with van der Waals surface area (Å²) in [6.45, 7) is 2.45. The van der Waals surface area contributed by atoms with E-state index in [4.69, 9.17) is 4.52 Å². The Morgan fingerprint density at radius 2 is 2.29 bits per heavy atom. The number of aromatic nitrogens is 2. The van der Waals surface area contributed by atoms with E-state index in [0.717, 1.165) is 12.0 Å². The van der Waals surface area contributed by atoms with Gasteiger partial charge in [0.05, 0.1) is 11.5 Å². The molecule has 1 atom stereocenters. The lowest BCUT2D eigenvalue weighted by Gasteiger charge is -2.26. The fourth-order valence-electron chi connectivity index (χ4n) is 2.88. The molecule has 1 aliphatic heterocycles. The van der Waals surface area contributed by atoms with Crippen molar-refractivity contribution in [3.63, 3.8) is 0 Å². The van der Waals surface area contributed by atoms with Crippen molar-refractivity contribution in [3.8, 4) is 11.3 Å². The third-order valence-electron chi connectivity index (χ3n) is 4.05. The summed E-state index contributed by atoms with van der Waals surface area (Å²) in [5.74, 6) is 0.316. The summed E-state index contributed by atoms with van der Waals surface area (Å²) >= 11 is 0. The first-order valence-electron chi connectivity index (χ1n) is 7.88. The third-order valence-corrected chi connectivity index (χ3v) is 5.80. The Morgan fingerprint density at radius 1 is 1.46 bits per heavy atom. The molecule has 0 radical (unpaired) electrons. The van der Waals surface area contributed by atoms with E-state index >= 15 is 0 Å². The monoisotopic (exact) mass is 349 g/mol. The average molecular weight is 349 g/mol. The second-order valence-electron chi connectivity index (χ2n) is 5.87. The smallest absolute Gasteiger partial charge is 0.276 e. The molecule has 0 aliphatic carbocycles. The van der Waals surface area contributed by atoms with Crippen molar-refractivity contribution in [1.82, 2.24) is 15.0 Å². The molecule has 8 heteroatoms. The van der Waals surface area contributed by atoms with Gasteiger partial charge in [0.1, 0.15) is 0 Å². The molecule has 2 aromatic heterocycles. The number of nitrogens with zero attached hydrogens (tertiary/aromatic N) is 3. The Kier molecular flexibility index (Phi) is 4.66. The minimum Gasteiger partial charge on any atom is -0.355 e. The van der Waals surface area contributed by atoms with Gasteiger partial charge in [0.15, 0.2) is 21.3 Å². The second-order valence-corrected chi connectivity index (χ2v) is 8.10. The fourth-order valence-corrected chi connectivity index (χ4v) is 4.61. The molecule has 1 aliphatic rings. The quantitative estimate of drug-likeness (QED) is 0.817. The summed E-state index contributed by atoms with van der Waals surface area (Å²) in [4.78, 5) is 18.4. The summed E-state index contributed by atoms with van der Waals surface area (Å²) < 4.78 is 28.7. The van der Waals surface area contributed by atoms with E-state index in [1.165, 1.54) is 0 Å². The predicted octanol–water partition coefficient (Wildman–Crippen LogP) is 1.78. The number of amides is 1. The van der Waals surface area contributed by atoms with Crippen LogP contribution in [-0.4, -0.2) is 53.5 Å².